The Kier molecular flexibility index (Phi) is 6.04. The van der Waals surface area contributed by atoms with Crippen molar-refractivity contribution in [2.24, 2.45) is 7.05 Å². The Morgan fingerprint density at radius 2 is 1.80 bits per heavy atom. The molecule has 0 radical (unpaired) electrons. The number of rotatable bonds is 7. The zero-order chi connectivity index (χ0) is 21.1. The first-order chi connectivity index (χ1) is 14.4. The van der Waals surface area contributed by atoms with Gasteiger partial charge < -0.3 is 9.88 Å². The molecule has 0 unspecified atom stereocenters. The summed E-state index contributed by atoms with van der Waals surface area (Å²) in [6.45, 7) is 3.77. The summed E-state index contributed by atoms with van der Waals surface area (Å²) >= 11 is 0. The molecular formula is C23H28N4O2S. The highest BCUT2D eigenvalue weighted by molar-refractivity contribution is 7.89. The molecule has 30 heavy (non-hydrogen) atoms. The van der Waals surface area contributed by atoms with E-state index < -0.39 is 10.0 Å². The Hall–Kier alpha value is -2.48. The topological polar surface area (TPSA) is 67.2 Å². The zero-order valence-corrected chi connectivity index (χ0v) is 18.2. The van der Waals surface area contributed by atoms with Gasteiger partial charge in [-0.2, -0.15) is 4.31 Å². The molecule has 0 saturated carbocycles. The fourth-order valence-corrected chi connectivity index (χ4v) is 5.48. The first-order valence-electron chi connectivity index (χ1n) is 10.3. The van der Waals surface area contributed by atoms with Crippen molar-refractivity contribution in [1.29, 1.82) is 0 Å². The highest BCUT2D eigenvalue weighted by Gasteiger charge is 2.40. The number of hydrogen-bond donors (Lipinski definition) is 1. The van der Waals surface area contributed by atoms with Crippen LogP contribution < -0.4 is 5.32 Å². The van der Waals surface area contributed by atoms with Crippen LogP contribution in [-0.4, -0.2) is 48.0 Å². The third-order valence-electron chi connectivity index (χ3n) is 5.74. The third kappa shape index (κ3) is 4.48. The van der Waals surface area contributed by atoms with Crippen LogP contribution in [0.1, 0.15) is 22.6 Å². The lowest BCUT2D eigenvalue weighted by molar-refractivity contribution is 0.455. The van der Waals surface area contributed by atoms with E-state index in [1.807, 2.05) is 18.2 Å². The molecule has 1 fully saturated rings. The van der Waals surface area contributed by atoms with Gasteiger partial charge in [0.1, 0.15) is 0 Å². The van der Waals surface area contributed by atoms with Crippen molar-refractivity contribution < 1.29 is 8.42 Å². The van der Waals surface area contributed by atoms with Gasteiger partial charge in [-0.1, -0.05) is 60.2 Å². The molecule has 2 aromatic carbocycles. The van der Waals surface area contributed by atoms with Gasteiger partial charge in [-0.3, -0.25) is 0 Å². The lowest BCUT2D eigenvalue weighted by atomic mass is 9.94. The molecule has 7 heteroatoms. The van der Waals surface area contributed by atoms with E-state index in [0.717, 1.165) is 18.5 Å². The minimum Gasteiger partial charge on any atom is -0.339 e. The second kappa shape index (κ2) is 8.71. The van der Waals surface area contributed by atoms with Crippen LogP contribution in [0, 0.1) is 6.92 Å². The van der Waals surface area contributed by atoms with E-state index in [1.54, 1.807) is 22.1 Å². The van der Waals surface area contributed by atoms with Gasteiger partial charge in [0.2, 0.25) is 0 Å². The van der Waals surface area contributed by atoms with Crippen molar-refractivity contribution in [2.45, 2.75) is 30.3 Å². The average Bonchev–Trinajstić information content (AvgIpc) is 3.38. The van der Waals surface area contributed by atoms with E-state index in [2.05, 4.69) is 53.6 Å². The van der Waals surface area contributed by atoms with Gasteiger partial charge in [0, 0.05) is 38.3 Å². The molecule has 1 N–H and O–H groups in total. The number of benzene rings is 2. The maximum Gasteiger partial charge on any atom is 0.262 e. The van der Waals surface area contributed by atoms with E-state index in [1.165, 1.54) is 17.5 Å². The molecule has 2 heterocycles. The SMILES string of the molecule is Cc1ccc(CCN[C@H]2CN(S(=O)(=O)c3cn(C)cn3)C[C@@H]2c2ccccc2)cc1. The molecule has 0 amide bonds. The number of aryl methyl sites for hydroxylation is 2. The van der Waals surface area contributed by atoms with Crippen molar-refractivity contribution in [3.63, 3.8) is 0 Å². The Balaban J connectivity index is 1.50. The minimum atomic E-state index is -3.61. The van der Waals surface area contributed by atoms with E-state index in [9.17, 15) is 8.42 Å². The van der Waals surface area contributed by atoms with Crippen LogP contribution >= 0.6 is 0 Å². The molecule has 6 nitrogen and oxygen atoms in total. The van der Waals surface area contributed by atoms with Gasteiger partial charge in [-0.25, -0.2) is 13.4 Å². The van der Waals surface area contributed by atoms with E-state index in [-0.39, 0.29) is 17.0 Å². The van der Waals surface area contributed by atoms with Crippen LogP contribution in [0.4, 0.5) is 0 Å². The monoisotopic (exact) mass is 424 g/mol. The molecule has 158 valence electrons. The smallest absolute Gasteiger partial charge is 0.262 e. The summed E-state index contributed by atoms with van der Waals surface area (Å²) in [6, 6.07) is 18.8. The van der Waals surface area contributed by atoms with Gasteiger partial charge in [-0.05, 0) is 31.0 Å². The Bertz CT molecular complexity index is 1080. The Morgan fingerprint density at radius 3 is 2.47 bits per heavy atom. The van der Waals surface area contributed by atoms with Gasteiger partial charge in [0.05, 0.1) is 6.33 Å². The van der Waals surface area contributed by atoms with E-state index in [4.69, 9.17) is 0 Å². The second-order valence-corrected chi connectivity index (χ2v) is 9.90. The minimum absolute atomic E-state index is 0.0522. The zero-order valence-electron chi connectivity index (χ0n) is 17.4. The van der Waals surface area contributed by atoms with Crippen LogP contribution in [-0.2, 0) is 23.5 Å². The second-order valence-electron chi connectivity index (χ2n) is 8.01. The summed E-state index contributed by atoms with van der Waals surface area (Å²) in [4.78, 5) is 4.08. The Morgan fingerprint density at radius 1 is 1.07 bits per heavy atom. The van der Waals surface area contributed by atoms with Crippen LogP contribution in [0.15, 0.2) is 72.1 Å². The summed E-state index contributed by atoms with van der Waals surface area (Å²) in [5.41, 5.74) is 3.69. The first kappa shape index (κ1) is 20.8. The maximum absolute atomic E-state index is 13.1. The predicted molar refractivity (Wildman–Crippen MR) is 118 cm³/mol. The number of imidazole rings is 1. The van der Waals surface area contributed by atoms with Crippen molar-refractivity contribution >= 4 is 10.0 Å². The third-order valence-corrected chi connectivity index (χ3v) is 7.46. The normalized spacial score (nSPS) is 19.9. The molecule has 0 spiro atoms. The van der Waals surface area contributed by atoms with Gasteiger partial charge in [-0.15, -0.1) is 0 Å². The first-order valence-corrected chi connectivity index (χ1v) is 11.7. The standard InChI is InChI=1S/C23H28N4O2S/c1-18-8-10-19(11-9-18)12-13-24-22-15-27(14-21(22)20-6-4-3-5-7-20)30(28,29)23-16-26(2)17-25-23/h3-11,16-17,21-22,24H,12-15H2,1-2H3/t21-,22+/m1/s1. The molecule has 0 bridgehead atoms. The van der Waals surface area contributed by atoms with Crippen molar-refractivity contribution in [2.75, 3.05) is 19.6 Å². The lowest BCUT2D eigenvalue weighted by Crippen LogP contribution is -2.37. The van der Waals surface area contributed by atoms with Crippen LogP contribution in [0.25, 0.3) is 0 Å². The van der Waals surface area contributed by atoms with E-state index >= 15 is 0 Å². The molecule has 1 saturated heterocycles. The lowest BCUT2D eigenvalue weighted by Gasteiger charge is -2.20. The summed E-state index contributed by atoms with van der Waals surface area (Å²) in [7, 11) is -1.84. The van der Waals surface area contributed by atoms with Crippen LogP contribution in [0.2, 0.25) is 0 Å². The molecule has 1 aliphatic rings. The highest BCUT2D eigenvalue weighted by atomic mass is 32.2. The molecule has 3 aromatic rings. The predicted octanol–water partition coefficient (Wildman–Crippen LogP) is 2.72. The number of aromatic nitrogens is 2. The molecular weight excluding hydrogens is 396 g/mol. The summed E-state index contributed by atoms with van der Waals surface area (Å²) < 4.78 is 29.5. The number of sulfonamides is 1. The fourth-order valence-electron chi connectivity index (χ4n) is 4.02. The summed E-state index contributed by atoms with van der Waals surface area (Å²) in [6.07, 6.45) is 3.99. The fraction of sp³-hybridized carbons (Fsp3) is 0.348. The van der Waals surface area contributed by atoms with Crippen molar-refractivity contribution in [3.8, 4) is 0 Å². The van der Waals surface area contributed by atoms with Crippen molar-refractivity contribution in [3.05, 3.63) is 83.8 Å². The molecule has 2 atom stereocenters. The highest BCUT2D eigenvalue weighted by Crippen LogP contribution is 2.31. The van der Waals surface area contributed by atoms with Gasteiger partial charge >= 0.3 is 0 Å². The number of nitrogens with zero attached hydrogens (tertiary/aromatic N) is 3. The Labute approximate surface area is 178 Å². The van der Waals surface area contributed by atoms with Gasteiger partial charge in [0.15, 0.2) is 5.03 Å². The van der Waals surface area contributed by atoms with E-state index in [0.29, 0.717) is 13.1 Å². The number of nitrogens with one attached hydrogen (secondary N) is 1. The maximum atomic E-state index is 13.1. The summed E-state index contributed by atoms with van der Waals surface area (Å²) in [5, 5.41) is 3.73. The molecule has 1 aromatic heterocycles. The van der Waals surface area contributed by atoms with Crippen molar-refractivity contribution in [1.82, 2.24) is 19.2 Å². The molecule has 0 aliphatic carbocycles. The largest absolute Gasteiger partial charge is 0.339 e. The molecule has 4 rings (SSSR count). The quantitative estimate of drug-likeness (QED) is 0.633. The van der Waals surface area contributed by atoms with Crippen LogP contribution in [0.3, 0.4) is 0 Å². The van der Waals surface area contributed by atoms with Gasteiger partial charge in [0.25, 0.3) is 10.0 Å². The summed E-state index contributed by atoms with van der Waals surface area (Å²) in [5.74, 6) is 0.0997. The average molecular weight is 425 g/mol. The van der Waals surface area contributed by atoms with Crippen LogP contribution in [0.5, 0.6) is 0 Å². The molecule has 1 aliphatic heterocycles. The number of hydrogen-bond acceptors (Lipinski definition) is 4.